The Balaban J connectivity index is -0.000000750. The van der Waals surface area contributed by atoms with E-state index in [4.69, 9.17) is 10.2 Å². The highest BCUT2D eigenvalue weighted by Crippen LogP contribution is 1.94. The molecule has 0 bridgehead atoms. The first-order valence-electron chi connectivity index (χ1n) is 5.74. The Morgan fingerprint density at radius 2 is 1.11 bits per heavy atom. The lowest BCUT2D eigenvalue weighted by Crippen LogP contribution is -2.38. The van der Waals surface area contributed by atoms with E-state index >= 15 is 0 Å². The summed E-state index contributed by atoms with van der Waals surface area (Å²) in [5.41, 5.74) is 0. The van der Waals surface area contributed by atoms with E-state index in [0.717, 1.165) is 52.4 Å². The number of hydrogen-bond donors (Lipinski definition) is 3. The summed E-state index contributed by atoms with van der Waals surface area (Å²) < 4.78 is 0. The molecule has 0 aromatic rings. The summed E-state index contributed by atoms with van der Waals surface area (Å²) in [7, 11) is 0. The third kappa shape index (κ3) is 10.6. The summed E-state index contributed by atoms with van der Waals surface area (Å²) in [4.78, 5) is 4.51. The van der Waals surface area contributed by atoms with Crippen LogP contribution >= 0.6 is 37.2 Å². The van der Waals surface area contributed by atoms with Crippen molar-refractivity contribution in [2.24, 2.45) is 0 Å². The van der Waals surface area contributed by atoms with Crippen LogP contribution in [0.3, 0.4) is 0 Å². The Morgan fingerprint density at radius 1 is 0.722 bits per heavy atom. The molecule has 18 heavy (non-hydrogen) atoms. The standard InChI is InChI=1S/C10H23N3O2.3ClH/c14-9-7-12-3-1-11-2-4-13(6-5-12)8-10-15;;;/h11,14-15H,1-10H2;3*1H. The Morgan fingerprint density at radius 3 is 1.44 bits per heavy atom. The molecule has 0 spiro atoms. The van der Waals surface area contributed by atoms with Crippen LogP contribution in [0.5, 0.6) is 0 Å². The van der Waals surface area contributed by atoms with Crippen LogP contribution < -0.4 is 5.32 Å². The average Bonchev–Trinajstić information content (AvgIpc) is 2.33. The predicted molar refractivity (Wildman–Crippen MR) is 81.7 cm³/mol. The molecule has 8 heteroatoms. The highest BCUT2D eigenvalue weighted by atomic mass is 35.5. The molecular formula is C10H26Cl3N3O2. The summed E-state index contributed by atoms with van der Waals surface area (Å²) >= 11 is 0. The first-order valence-corrected chi connectivity index (χ1v) is 5.74. The molecule has 0 aromatic heterocycles. The van der Waals surface area contributed by atoms with E-state index < -0.39 is 0 Å². The second kappa shape index (κ2) is 15.7. The summed E-state index contributed by atoms with van der Waals surface area (Å²) in [6.07, 6.45) is 0. The zero-order valence-corrected chi connectivity index (χ0v) is 13.0. The van der Waals surface area contributed by atoms with E-state index in [1.165, 1.54) is 0 Å². The summed E-state index contributed by atoms with van der Waals surface area (Å²) in [5.74, 6) is 0. The molecule has 0 amide bonds. The van der Waals surface area contributed by atoms with Crippen LogP contribution in [0.4, 0.5) is 0 Å². The van der Waals surface area contributed by atoms with Gasteiger partial charge in [-0.3, -0.25) is 9.80 Å². The Labute approximate surface area is 128 Å². The molecule has 1 saturated heterocycles. The van der Waals surface area contributed by atoms with Gasteiger partial charge in [-0.15, -0.1) is 37.2 Å². The minimum absolute atomic E-state index is 0. The number of aliphatic hydroxyl groups excluding tert-OH is 2. The minimum Gasteiger partial charge on any atom is -0.395 e. The molecule has 1 aliphatic heterocycles. The Kier molecular flexibility index (Phi) is 20.7. The van der Waals surface area contributed by atoms with Crippen LogP contribution in [-0.2, 0) is 0 Å². The predicted octanol–water partition coefficient (Wildman–Crippen LogP) is -0.556. The van der Waals surface area contributed by atoms with Gasteiger partial charge in [0.2, 0.25) is 0 Å². The van der Waals surface area contributed by atoms with E-state index in [0.29, 0.717) is 0 Å². The Bertz CT molecular complexity index is 153. The third-order valence-electron chi connectivity index (χ3n) is 2.77. The third-order valence-corrected chi connectivity index (χ3v) is 2.77. The van der Waals surface area contributed by atoms with Crippen molar-refractivity contribution >= 4 is 37.2 Å². The number of β-amino-alcohol motifs (C(OH)–C–C–N with tert-alkyl or cyclic N) is 2. The molecule has 1 fully saturated rings. The van der Waals surface area contributed by atoms with E-state index in [9.17, 15) is 0 Å². The number of rotatable bonds is 4. The van der Waals surface area contributed by atoms with Crippen LogP contribution in [0.1, 0.15) is 0 Å². The Hall–Kier alpha value is 0.670. The van der Waals surface area contributed by atoms with Crippen molar-refractivity contribution in [1.82, 2.24) is 15.1 Å². The van der Waals surface area contributed by atoms with Gasteiger partial charge in [0.25, 0.3) is 0 Å². The maximum Gasteiger partial charge on any atom is 0.0558 e. The number of nitrogens with one attached hydrogen (secondary N) is 1. The van der Waals surface area contributed by atoms with E-state index in [1.807, 2.05) is 0 Å². The van der Waals surface area contributed by atoms with Crippen molar-refractivity contribution in [1.29, 1.82) is 0 Å². The molecule has 0 atom stereocenters. The van der Waals surface area contributed by atoms with Gasteiger partial charge in [0, 0.05) is 52.4 Å². The molecule has 0 radical (unpaired) electrons. The average molecular weight is 327 g/mol. The minimum atomic E-state index is 0. The molecule has 3 N–H and O–H groups in total. The van der Waals surface area contributed by atoms with Crippen LogP contribution in [0.25, 0.3) is 0 Å². The van der Waals surface area contributed by atoms with Crippen molar-refractivity contribution in [3.05, 3.63) is 0 Å². The first-order chi connectivity index (χ1) is 7.36. The highest BCUT2D eigenvalue weighted by Gasteiger charge is 2.10. The monoisotopic (exact) mass is 325 g/mol. The smallest absolute Gasteiger partial charge is 0.0558 e. The molecule has 0 aromatic carbocycles. The summed E-state index contributed by atoms with van der Waals surface area (Å²) in [6, 6.07) is 0. The largest absolute Gasteiger partial charge is 0.395 e. The number of aliphatic hydroxyl groups is 2. The molecule has 0 aliphatic carbocycles. The van der Waals surface area contributed by atoms with E-state index in [2.05, 4.69) is 15.1 Å². The van der Waals surface area contributed by atoms with Crippen LogP contribution in [0.2, 0.25) is 0 Å². The topological polar surface area (TPSA) is 59.0 Å². The maximum absolute atomic E-state index is 8.90. The molecule has 114 valence electrons. The van der Waals surface area contributed by atoms with Gasteiger partial charge in [-0.05, 0) is 0 Å². The molecule has 1 aliphatic rings. The molecule has 1 heterocycles. The lowest BCUT2D eigenvalue weighted by atomic mass is 10.4. The number of hydrogen-bond acceptors (Lipinski definition) is 5. The zero-order valence-electron chi connectivity index (χ0n) is 10.6. The van der Waals surface area contributed by atoms with Gasteiger partial charge < -0.3 is 15.5 Å². The van der Waals surface area contributed by atoms with Crippen LogP contribution in [0.15, 0.2) is 0 Å². The second-order valence-corrected chi connectivity index (χ2v) is 3.88. The van der Waals surface area contributed by atoms with Crippen LogP contribution in [0, 0.1) is 0 Å². The van der Waals surface area contributed by atoms with Gasteiger partial charge in [-0.2, -0.15) is 0 Å². The summed E-state index contributed by atoms with van der Waals surface area (Å²) in [6.45, 7) is 7.83. The molecule has 1 rings (SSSR count). The maximum atomic E-state index is 8.90. The van der Waals surface area contributed by atoms with Crippen molar-refractivity contribution in [3.63, 3.8) is 0 Å². The molecule has 5 nitrogen and oxygen atoms in total. The second-order valence-electron chi connectivity index (χ2n) is 3.88. The fraction of sp³-hybridized carbons (Fsp3) is 1.00. The van der Waals surface area contributed by atoms with Gasteiger partial charge in [0.1, 0.15) is 0 Å². The van der Waals surface area contributed by atoms with Gasteiger partial charge in [-0.25, -0.2) is 0 Å². The van der Waals surface area contributed by atoms with E-state index in [1.54, 1.807) is 0 Å². The highest BCUT2D eigenvalue weighted by molar-refractivity contribution is 5.86. The molecule has 0 unspecified atom stereocenters. The lowest BCUT2D eigenvalue weighted by Gasteiger charge is -2.24. The summed E-state index contributed by atoms with van der Waals surface area (Å²) in [5, 5.41) is 21.2. The van der Waals surface area contributed by atoms with Gasteiger partial charge in [0.15, 0.2) is 0 Å². The van der Waals surface area contributed by atoms with Crippen molar-refractivity contribution in [2.45, 2.75) is 0 Å². The zero-order chi connectivity index (χ0) is 10.9. The van der Waals surface area contributed by atoms with Gasteiger partial charge >= 0.3 is 0 Å². The van der Waals surface area contributed by atoms with Gasteiger partial charge in [0.05, 0.1) is 13.2 Å². The quantitative estimate of drug-likeness (QED) is 0.647. The SMILES string of the molecule is Cl.Cl.Cl.OCCN1CCNCCN(CCO)CC1. The molecule has 0 saturated carbocycles. The van der Waals surface area contributed by atoms with Crippen molar-refractivity contribution in [2.75, 3.05) is 65.6 Å². The normalized spacial score (nSPS) is 18.3. The van der Waals surface area contributed by atoms with Crippen molar-refractivity contribution < 1.29 is 10.2 Å². The van der Waals surface area contributed by atoms with Gasteiger partial charge in [-0.1, -0.05) is 0 Å². The molecular weight excluding hydrogens is 300 g/mol. The van der Waals surface area contributed by atoms with Crippen LogP contribution in [-0.4, -0.2) is 85.6 Å². The first kappa shape index (κ1) is 23.7. The lowest BCUT2D eigenvalue weighted by molar-refractivity contribution is 0.161. The van der Waals surface area contributed by atoms with E-state index in [-0.39, 0.29) is 50.4 Å². The number of halogens is 3. The van der Waals surface area contributed by atoms with Crippen molar-refractivity contribution in [3.8, 4) is 0 Å². The number of nitrogens with zero attached hydrogens (tertiary/aromatic N) is 2. The fourth-order valence-electron chi connectivity index (χ4n) is 1.84. The fourth-order valence-corrected chi connectivity index (χ4v) is 1.84.